The van der Waals surface area contributed by atoms with Gasteiger partial charge in [-0.05, 0) is 18.2 Å². The van der Waals surface area contributed by atoms with Crippen LogP contribution in [0.3, 0.4) is 0 Å². The van der Waals surface area contributed by atoms with E-state index in [1.807, 2.05) is 20.8 Å². The van der Waals surface area contributed by atoms with Crippen molar-refractivity contribution in [2.24, 2.45) is 0 Å². The van der Waals surface area contributed by atoms with E-state index in [2.05, 4.69) is 21.9 Å². The lowest BCUT2D eigenvalue weighted by Gasteiger charge is -2.12. The van der Waals surface area contributed by atoms with Gasteiger partial charge < -0.3 is 9.84 Å². The first-order valence-corrected chi connectivity index (χ1v) is 5.96. The zero-order valence-electron chi connectivity index (χ0n) is 11.2. The van der Waals surface area contributed by atoms with E-state index < -0.39 is 0 Å². The number of carbonyl (C=O) groups is 1. The molecule has 5 nitrogen and oxygen atoms in total. The van der Waals surface area contributed by atoms with Crippen molar-refractivity contribution in [1.82, 2.24) is 5.16 Å². The number of carbonyl (C=O) groups excluding carboxylic acids is 1. The Morgan fingerprint density at radius 1 is 1.37 bits per heavy atom. The second-order valence-corrected chi connectivity index (χ2v) is 5.20. The Morgan fingerprint density at radius 2 is 2.16 bits per heavy atom. The lowest BCUT2D eigenvalue weighted by atomic mass is 9.93. The Morgan fingerprint density at radius 3 is 2.74 bits per heavy atom. The summed E-state index contributed by atoms with van der Waals surface area (Å²) in [6, 6.07) is 11.2. The average Bonchev–Trinajstić information content (AvgIpc) is 2.78. The maximum Gasteiger partial charge on any atom is 0.324 e. The number of anilines is 2. The lowest BCUT2D eigenvalue weighted by molar-refractivity contribution is 0.262. The van der Waals surface area contributed by atoms with Gasteiger partial charge in [-0.3, -0.25) is 5.32 Å². The molecule has 5 heteroatoms. The molecule has 1 radical (unpaired) electrons. The summed E-state index contributed by atoms with van der Waals surface area (Å²) in [6.07, 6.45) is 0. The number of urea groups is 1. The van der Waals surface area contributed by atoms with Crippen molar-refractivity contribution in [2.75, 3.05) is 10.6 Å². The number of amides is 2. The van der Waals surface area contributed by atoms with Crippen LogP contribution in [0, 0.1) is 6.07 Å². The van der Waals surface area contributed by atoms with Gasteiger partial charge in [0.05, 0.1) is 0 Å². The molecule has 2 N–H and O–H groups in total. The van der Waals surface area contributed by atoms with Gasteiger partial charge in [0.25, 0.3) is 0 Å². The van der Waals surface area contributed by atoms with Gasteiger partial charge in [-0.25, -0.2) is 4.79 Å². The molecule has 2 amide bonds. The molecule has 0 aliphatic rings. The van der Waals surface area contributed by atoms with Gasteiger partial charge in [0.2, 0.25) is 0 Å². The lowest BCUT2D eigenvalue weighted by Crippen LogP contribution is -2.19. The molecule has 0 saturated heterocycles. The maximum absolute atomic E-state index is 11.7. The Balaban J connectivity index is 1.98. The van der Waals surface area contributed by atoms with E-state index in [0.717, 1.165) is 5.76 Å². The van der Waals surface area contributed by atoms with Crippen molar-refractivity contribution < 1.29 is 9.32 Å². The highest BCUT2D eigenvalue weighted by molar-refractivity contribution is 5.99. The summed E-state index contributed by atoms with van der Waals surface area (Å²) in [5, 5.41) is 9.10. The molecule has 0 aliphatic heterocycles. The first-order valence-electron chi connectivity index (χ1n) is 5.96. The summed E-state index contributed by atoms with van der Waals surface area (Å²) < 4.78 is 5.18. The second kappa shape index (κ2) is 5.14. The third-order valence-electron chi connectivity index (χ3n) is 2.46. The third-order valence-corrected chi connectivity index (χ3v) is 2.46. The molecule has 0 bridgehead atoms. The maximum atomic E-state index is 11.7. The number of nitrogens with zero attached hydrogens (tertiary/aromatic N) is 1. The smallest absolute Gasteiger partial charge is 0.324 e. The van der Waals surface area contributed by atoms with Crippen LogP contribution < -0.4 is 10.6 Å². The summed E-state index contributed by atoms with van der Waals surface area (Å²) in [5.74, 6) is 1.11. The molecule has 0 atom stereocenters. The van der Waals surface area contributed by atoms with Crippen molar-refractivity contribution in [1.29, 1.82) is 0 Å². The highest BCUT2D eigenvalue weighted by Gasteiger charge is 2.20. The molecular formula is C14H16N3O2. The van der Waals surface area contributed by atoms with Crippen molar-refractivity contribution in [2.45, 2.75) is 26.2 Å². The number of nitrogens with one attached hydrogen (secondary N) is 2. The fourth-order valence-electron chi connectivity index (χ4n) is 1.44. The molecule has 1 heterocycles. The van der Waals surface area contributed by atoms with Crippen LogP contribution in [-0.2, 0) is 5.41 Å². The van der Waals surface area contributed by atoms with Crippen molar-refractivity contribution in [3.05, 3.63) is 42.2 Å². The van der Waals surface area contributed by atoms with E-state index in [-0.39, 0.29) is 11.4 Å². The standard InChI is InChI=1S/C14H16N3O2/c1-14(2,3)11-9-12(17-19-11)16-13(18)15-10-7-5-4-6-8-10/h4-5,7-9H,1-3H3,(H2,15,16,17,18). The van der Waals surface area contributed by atoms with Gasteiger partial charge in [0.15, 0.2) is 5.82 Å². The highest BCUT2D eigenvalue weighted by atomic mass is 16.5. The Labute approximate surface area is 112 Å². The monoisotopic (exact) mass is 258 g/mol. The zero-order valence-corrected chi connectivity index (χ0v) is 11.2. The van der Waals surface area contributed by atoms with Crippen LogP contribution in [0.5, 0.6) is 0 Å². The molecule has 1 aromatic carbocycles. The molecule has 2 aromatic rings. The first kappa shape index (κ1) is 13.1. The molecule has 0 unspecified atom stereocenters. The fourth-order valence-corrected chi connectivity index (χ4v) is 1.44. The van der Waals surface area contributed by atoms with Gasteiger partial charge in [0.1, 0.15) is 5.76 Å². The largest absolute Gasteiger partial charge is 0.359 e. The minimum Gasteiger partial charge on any atom is -0.359 e. The zero-order chi connectivity index (χ0) is 13.9. The molecule has 0 saturated carbocycles. The second-order valence-electron chi connectivity index (χ2n) is 5.20. The Hall–Kier alpha value is -2.30. The predicted molar refractivity (Wildman–Crippen MR) is 73.1 cm³/mol. The molecule has 99 valence electrons. The van der Waals surface area contributed by atoms with E-state index >= 15 is 0 Å². The van der Waals surface area contributed by atoms with E-state index in [4.69, 9.17) is 4.52 Å². The number of hydrogen-bond acceptors (Lipinski definition) is 3. The number of aromatic nitrogens is 1. The van der Waals surface area contributed by atoms with E-state index in [9.17, 15) is 4.79 Å². The minimum absolute atomic E-state index is 0.141. The van der Waals surface area contributed by atoms with Crippen LogP contribution >= 0.6 is 0 Å². The van der Waals surface area contributed by atoms with Crippen LogP contribution in [0.15, 0.2) is 34.9 Å². The Kier molecular flexibility index (Phi) is 3.55. The Bertz CT molecular complexity index is 556. The summed E-state index contributed by atoms with van der Waals surface area (Å²) in [7, 11) is 0. The summed E-state index contributed by atoms with van der Waals surface area (Å²) in [6.45, 7) is 6.03. The summed E-state index contributed by atoms with van der Waals surface area (Å²) in [4.78, 5) is 11.7. The fraction of sp³-hybridized carbons (Fsp3) is 0.286. The molecule has 0 spiro atoms. The van der Waals surface area contributed by atoms with Gasteiger partial charge >= 0.3 is 6.03 Å². The van der Waals surface area contributed by atoms with E-state index in [0.29, 0.717) is 11.5 Å². The van der Waals surface area contributed by atoms with Gasteiger partial charge in [0, 0.05) is 17.2 Å². The number of hydrogen-bond donors (Lipinski definition) is 2. The highest BCUT2D eigenvalue weighted by Crippen LogP contribution is 2.24. The molecular weight excluding hydrogens is 242 g/mol. The quantitative estimate of drug-likeness (QED) is 0.867. The summed E-state index contributed by atoms with van der Waals surface area (Å²) >= 11 is 0. The predicted octanol–water partition coefficient (Wildman–Crippen LogP) is 3.42. The normalized spacial score (nSPS) is 11.1. The topological polar surface area (TPSA) is 67.2 Å². The summed E-state index contributed by atoms with van der Waals surface area (Å²) in [5.41, 5.74) is 0.525. The molecule has 2 rings (SSSR count). The minimum atomic E-state index is -0.367. The van der Waals surface area contributed by atoms with Crippen molar-refractivity contribution in [3.8, 4) is 0 Å². The van der Waals surface area contributed by atoms with Crippen molar-refractivity contribution in [3.63, 3.8) is 0 Å². The SMILES string of the molecule is CC(C)(C)c1cc(NC(=O)Nc2c[c]ccc2)no1. The van der Waals surface area contributed by atoms with Crippen LogP contribution in [0.2, 0.25) is 0 Å². The average molecular weight is 258 g/mol. The van der Waals surface area contributed by atoms with Gasteiger partial charge in [-0.15, -0.1) is 0 Å². The van der Waals surface area contributed by atoms with E-state index in [1.54, 1.807) is 30.3 Å². The van der Waals surface area contributed by atoms with Crippen LogP contribution in [0.4, 0.5) is 16.3 Å². The van der Waals surface area contributed by atoms with Gasteiger partial charge in [-0.2, -0.15) is 0 Å². The van der Waals surface area contributed by atoms with Crippen LogP contribution in [-0.4, -0.2) is 11.2 Å². The number of rotatable bonds is 2. The molecule has 0 aliphatic carbocycles. The van der Waals surface area contributed by atoms with Crippen molar-refractivity contribution >= 4 is 17.5 Å². The van der Waals surface area contributed by atoms with Crippen LogP contribution in [0.1, 0.15) is 26.5 Å². The number of benzene rings is 1. The van der Waals surface area contributed by atoms with Gasteiger partial charge in [-0.1, -0.05) is 38.1 Å². The molecule has 1 aromatic heterocycles. The van der Waals surface area contributed by atoms with E-state index in [1.165, 1.54) is 0 Å². The third kappa shape index (κ3) is 3.58. The molecule has 19 heavy (non-hydrogen) atoms. The molecule has 0 fully saturated rings. The first-order chi connectivity index (χ1) is 8.95. The van der Waals surface area contributed by atoms with Crippen LogP contribution in [0.25, 0.3) is 0 Å².